The Kier molecular flexibility index (Phi) is 4.94. The molecule has 1 amide bonds. The Balaban J connectivity index is 1.57. The Morgan fingerprint density at radius 3 is 2.71 bits per heavy atom. The van der Waals surface area contributed by atoms with Gasteiger partial charge in [-0.25, -0.2) is 9.18 Å². The Morgan fingerprint density at radius 2 is 1.92 bits per heavy atom. The number of benzene rings is 2. The van der Waals surface area contributed by atoms with Crippen LogP contribution >= 0.6 is 15.9 Å². The monoisotopic (exact) mass is 391 g/mol. The molecule has 0 saturated carbocycles. The third kappa shape index (κ3) is 3.82. The van der Waals surface area contributed by atoms with Crippen LogP contribution in [0.25, 0.3) is 0 Å². The van der Waals surface area contributed by atoms with Gasteiger partial charge in [-0.1, -0.05) is 22.0 Å². The number of halogens is 2. The summed E-state index contributed by atoms with van der Waals surface area (Å²) in [6.45, 7) is -0.467. The van der Waals surface area contributed by atoms with Gasteiger partial charge in [-0.15, -0.1) is 0 Å². The number of esters is 1. The third-order valence-corrected chi connectivity index (χ3v) is 4.37. The van der Waals surface area contributed by atoms with Crippen molar-refractivity contribution in [2.45, 2.75) is 19.3 Å². The number of fused-ring (bicyclic) bond motifs is 1. The predicted molar refractivity (Wildman–Crippen MR) is 91.5 cm³/mol. The molecule has 124 valence electrons. The van der Waals surface area contributed by atoms with Crippen molar-refractivity contribution in [2.24, 2.45) is 0 Å². The second-order valence-electron chi connectivity index (χ2n) is 5.59. The van der Waals surface area contributed by atoms with Crippen LogP contribution in [0, 0.1) is 5.82 Å². The lowest BCUT2D eigenvalue weighted by atomic mass is 10.1. The number of rotatable bonds is 4. The molecule has 0 unspecified atom stereocenters. The molecule has 0 bridgehead atoms. The van der Waals surface area contributed by atoms with E-state index >= 15 is 0 Å². The summed E-state index contributed by atoms with van der Waals surface area (Å²) < 4.78 is 19.2. The second kappa shape index (κ2) is 7.13. The van der Waals surface area contributed by atoms with Crippen molar-refractivity contribution >= 4 is 33.5 Å². The molecule has 0 heterocycles. The van der Waals surface area contributed by atoms with Gasteiger partial charge in [0.05, 0.1) is 11.3 Å². The van der Waals surface area contributed by atoms with Crippen LogP contribution in [0.15, 0.2) is 40.9 Å². The SMILES string of the molecule is O=C(COC(=O)c1ccc2c(c1)CCC2)Nc1ccc(Br)cc1F. The fourth-order valence-corrected chi connectivity index (χ4v) is 3.02. The highest BCUT2D eigenvalue weighted by molar-refractivity contribution is 9.10. The van der Waals surface area contributed by atoms with Crippen LogP contribution < -0.4 is 5.32 Å². The molecular formula is C18H15BrFNO3. The van der Waals surface area contributed by atoms with Crippen molar-refractivity contribution in [3.05, 3.63) is 63.4 Å². The number of anilines is 1. The summed E-state index contributed by atoms with van der Waals surface area (Å²) >= 11 is 3.14. The molecule has 0 atom stereocenters. The molecule has 0 fully saturated rings. The van der Waals surface area contributed by atoms with E-state index in [1.807, 2.05) is 12.1 Å². The first-order valence-corrected chi connectivity index (χ1v) is 8.36. The minimum atomic E-state index is -0.592. The summed E-state index contributed by atoms with van der Waals surface area (Å²) in [4.78, 5) is 23.8. The molecule has 1 aliphatic rings. The number of hydrogen-bond donors (Lipinski definition) is 1. The van der Waals surface area contributed by atoms with E-state index < -0.39 is 24.3 Å². The Hall–Kier alpha value is -2.21. The highest BCUT2D eigenvalue weighted by Crippen LogP contribution is 2.23. The number of carbonyl (C=O) groups is 2. The number of nitrogens with one attached hydrogen (secondary N) is 1. The molecule has 24 heavy (non-hydrogen) atoms. The molecule has 0 spiro atoms. The second-order valence-corrected chi connectivity index (χ2v) is 6.50. The van der Waals surface area contributed by atoms with Crippen molar-refractivity contribution < 1.29 is 18.7 Å². The summed E-state index contributed by atoms with van der Waals surface area (Å²) in [5.74, 6) is -1.72. The van der Waals surface area contributed by atoms with Gasteiger partial charge in [0.15, 0.2) is 6.61 Å². The van der Waals surface area contributed by atoms with E-state index in [9.17, 15) is 14.0 Å². The van der Waals surface area contributed by atoms with Crippen LogP contribution in [0.1, 0.15) is 27.9 Å². The largest absolute Gasteiger partial charge is 0.452 e. The number of ether oxygens (including phenoxy) is 1. The van der Waals surface area contributed by atoms with Gasteiger partial charge in [-0.2, -0.15) is 0 Å². The van der Waals surface area contributed by atoms with Crippen molar-refractivity contribution in [2.75, 3.05) is 11.9 Å². The maximum Gasteiger partial charge on any atom is 0.338 e. The van der Waals surface area contributed by atoms with E-state index in [4.69, 9.17) is 4.74 Å². The van der Waals surface area contributed by atoms with E-state index in [1.165, 1.54) is 17.7 Å². The van der Waals surface area contributed by atoms with Crippen LogP contribution in [0.3, 0.4) is 0 Å². The Labute approximate surface area is 147 Å². The first kappa shape index (κ1) is 16.6. The maximum atomic E-state index is 13.6. The smallest absolute Gasteiger partial charge is 0.338 e. The van der Waals surface area contributed by atoms with Gasteiger partial charge in [0.25, 0.3) is 5.91 Å². The van der Waals surface area contributed by atoms with Crippen LogP contribution in [-0.2, 0) is 22.4 Å². The fourth-order valence-electron chi connectivity index (χ4n) is 2.69. The molecule has 2 aromatic carbocycles. The highest BCUT2D eigenvalue weighted by atomic mass is 79.9. The average molecular weight is 392 g/mol. The molecule has 0 saturated heterocycles. The van der Waals surface area contributed by atoms with Crippen molar-refractivity contribution in [1.82, 2.24) is 0 Å². The number of aryl methyl sites for hydroxylation is 2. The van der Waals surface area contributed by atoms with E-state index in [-0.39, 0.29) is 5.69 Å². The minimum Gasteiger partial charge on any atom is -0.452 e. The lowest BCUT2D eigenvalue weighted by Gasteiger charge is -2.08. The fraction of sp³-hybridized carbons (Fsp3) is 0.222. The van der Waals surface area contributed by atoms with Crippen LogP contribution in [0.4, 0.5) is 10.1 Å². The molecule has 0 aromatic heterocycles. The van der Waals surface area contributed by atoms with Gasteiger partial charge >= 0.3 is 5.97 Å². The first-order chi connectivity index (χ1) is 11.5. The summed E-state index contributed by atoms with van der Waals surface area (Å²) in [6, 6.07) is 9.73. The third-order valence-electron chi connectivity index (χ3n) is 3.87. The molecular weight excluding hydrogens is 377 g/mol. The van der Waals surface area contributed by atoms with Gasteiger partial charge in [0.2, 0.25) is 0 Å². The summed E-state index contributed by atoms with van der Waals surface area (Å²) in [7, 11) is 0. The topological polar surface area (TPSA) is 55.4 Å². The van der Waals surface area contributed by atoms with Crippen LogP contribution in [-0.4, -0.2) is 18.5 Å². The van der Waals surface area contributed by atoms with Crippen molar-refractivity contribution in [3.8, 4) is 0 Å². The quantitative estimate of drug-likeness (QED) is 0.804. The van der Waals surface area contributed by atoms with Crippen LogP contribution in [0.2, 0.25) is 0 Å². The lowest BCUT2D eigenvalue weighted by Crippen LogP contribution is -2.21. The summed E-state index contributed by atoms with van der Waals surface area (Å²) in [5, 5.41) is 2.37. The van der Waals surface area contributed by atoms with Crippen LogP contribution in [0.5, 0.6) is 0 Å². The van der Waals surface area contributed by atoms with Gasteiger partial charge in [0, 0.05) is 4.47 Å². The van der Waals surface area contributed by atoms with Gasteiger partial charge in [-0.3, -0.25) is 4.79 Å². The van der Waals surface area contributed by atoms with Gasteiger partial charge < -0.3 is 10.1 Å². The number of hydrogen-bond acceptors (Lipinski definition) is 3. The number of carbonyl (C=O) groups excluding carboxylic acids is 2. The standard InChI is InChI=1S/C18H15BrFNO3/c19-14-6-7-16(15(20)9-14)21-17(22)10-24-18(23)13-5-4-11-2-1-3-12(11)8-13/h4-9H,1-3,10H2,(H,21,22). The zero-order chi connectivity index (χ0) is 17.1. The maximum absolute atomic E-state index is 13.6. The van der Waals surface area contributed by atoms with E-state index in [0.29, 0.717) is 10.0 Å². The minimum absolute atomic E-state index is 0.0387. The molecule has 1 aliphatic carbocycles. The Bertz CT molecular complexity index is 807. The Morgan fingerprint density at radius 1 is 1.12 bits per heavy atom. The van der Waals surface area contributed by atoms with Crippen molar-refractivity contribution in [3.63, 3.8) is 0 Å². The molecule has 0 radical (unpaired) electrons. The van der Waals surface area contributed by atoms with E-state index in [0.717, 1.165) is 24.8 Å². The predicted octanol–water partition coefficient (Wildman–Crippen LogP) is 3.87. The van der Waals surface area contributed by atoms with E-state index in [2.05, 4.69) is 21.2 Å². The van der Waals surface area contributed by atoms with Gasteiger partial charge in [-0.05, 0) is 60.7 Å². The number of amides is 1. The molecule has 3 rings (SSSR count). The zero-order valence-electron chi connectivity index (χ0n) is 12.8. The normalized spacial score (nSPS) is 12.6. The van der Waals surface area contributed by atoms with Crippen molar-refractivity contribution in [1.29, 1.82) is 0 Å². The van der Waals surface area contributed by atoms with Gasteiger partial charge in [0.1, 0.15) is 5.82 Å². The lowest BCUT2D eigenvalue weighted by molar-refractivity contribution is -0.119. The molecule has 1 N–H and O–H groups in total. The highest BCUT2D eigenvalue weighted by Gasteiger charge is 2.16. The zero-order valence-corrected chi connectivity index (χ0v) is 14.4. The molecule has 0 aliphatic heterocycles. The summed E-state index contributed by atoms with van der Waals surface area (Å²) in [6.07, 6.45) is 3.08. The molecule has 4 nitrogen and oxygen atoms in total. The first-order valence-electron chi connectivity index (χ1n) is 7.57. The average Bonchev–Trinajstić information content (AvgIpc) is 3.03. The van der Waals surface area contributed by atoms with E-state index in [1.54, 1.807) is 12.1 Å². The summed E-state index contributed by atoms with van der Waals surface area (Å²) in [5.41, 5.74) is 2.89. The molecule has 2 aromatic rings. The molecule has 6 heteroatoms.